The highest BCUT2D eigenvalue weighted by atomic mass is 16.5. The van der Waals surface area contributed by atoms with Gasteiger partial charge in [-0.1, -0.05) is 5.21 Å². The summed E-state index contributed by atoms with van der Waals surface area (Å²) in [5.74, 6) is -0.489. The van der Waals surface area contributed by atoms with Gasteiger partial charge in [-0.15, -0.1) is 5.10 Å². The summed E-state index contributed by atoms with van der Waals surface area (Å²) >= 11 is 0. The van der Waals surface area contributed by atoms with E-state index in [0.29, 0.717) is 12.2 Å². The largest absolute Gasteiger partial charge is 0.464 e. The highest BCUT2D eigenvalue weighted by molar-refractivity contribution is 5.93. The van der Waals surface area contributed by atoms with Crippen molar-refractivity contribution in [3.63, 3.8) is 0 Å². The second-order valence-electron chi connectivity index (χ2n) is 3.33. The average molecular weight is 232 g/mol. The number of aryl methyl sites for hydroxylation is 1. The smallest absolute Gasteiger partial charge is 0.360 e. The van der Waals surface area contributed by atoms with Crippen molar-refractivity contribution in [3.05, 3.63) is 30.2 Å². The molecule has 0 aliphatic heterocycles. The average Bonchev–Trinajstić information content (AvgIpc) is 2.82. The molecular weight excluding hydrogens is 220 g/mol. The first-order valence-corrected chi connectivity index (χ1v) is 5.20. The maximum Gasteiger partial charge on any atom is 0.360 e. The zero-order valence-electron chi connectivity index (χ0n) is 9.62. The van der Waals surface area contributed by atoms with Crippen LogP contribution in [0.3, 0.4) is 0 Å². The summed E-state index contributed by atoms with van der Waals surface area (Å²) in [5.41, 5.74) is 1.72. The van der Waals surface area contributed by atoms with Gasteiger partial charge in [-0.25, -0.2) is 9.48 Å². The van der Waals surface area contributed by atoms with Crippen LogP contribution in [0.15, 0.2) is 24.5 Å². The molecule has 0 unspecified atom stereocenters. The molecule has 2 aromatic rings. The third-order valence-electron chi connectivity index (χ3n) is 2.37. The Labute approximate surface area is 98.2 Å². The van der Waals surface area contributed by atoms with Gasteiger partial charge in [-0.2, -0.15) is 0 Å². The number of carbonyl (C=O) groups is 1. The summed E-state index contributed by atoms with van der Waals surface area (Å²) < 4.78 is 6.34. The van der Waals surface area contributed by atoms with E-state index < -0.39 is 5.97 Å². The molecule has 0 aliphatic carbocycles. The molecule has 0 spiro atoms. The molecule has 2 rings (SSSR count). The monoisotopic (exact) mass is 232 g/mol. The van der Waals surface area contributed by atoms with Crippen molar-refractivity contribution in [2.45, 2.75) is 13.5 Å². The second kappa shape index (κ2) is 4.73. The lowest BCUT2D eigenvalue weighted by Crippen LogP contribution is -2.05. The fourth-order valence-corrected chi connectivity index (χ4v) is 1.56. The van der Waals surface area contributed by atoms with Gasteiger partial charge < -0.3 is 4.74 Å². The van der Waals surface area contributed by atoms with Gasteiger partial charge in [0.2, 0.25) is 0 Å². The molecule has 0 atom stereocenters. The van der Waals surface area contributed by atoms with Gasteiger partial charge in [0.15, 0.2) is 5.69 Å². The highest BCUT2D eigenvalue weighted by Crippen LogP contribution is 2.21. The standard InChI is InChI=1S/C11H12N4O2/c1-3-15-10(8-4-6-12-7-5-8)9(13-14-15)11(16)17-2/h4-7H,3H2,1-2H3. The SMILES string of the molecule is CCn1nnc(C(=O)OC)c1-c1ccncc1. The van der Waals surface area contributed by atoms with Gasteiger partial charge in [0.25, 0.3) is 0 Å². The number of hydrogen-bond acceptors (Lipinski definition) is 5. The topological polar surface area (TPSA) is 69.9 Å². The minimum atomic E-state index is -0.489. The van der Waals surface area contributed by atoms with E-state index in [9.17, 15) is 4.79 Å². The first kappa shape index (κ1) is 11.3. The Kier molecular flexibility index (Phi) is 3.13. The minimum Gasteiger partial charge on any atom is -0.464 e. The van der Waals surface area contributed by atoms with Crippen LogP contribution in [0.25, 0.3) is 11.3 Å². The lowest BCUT2D eigenvalue weighted by atomic mass is 10.1. The fourth-order valence-electron chi connectivity index (χ4n) is 1.56. The predicted octanol–water partition coefficient (Wildman–Crippen LogP) is 1.15. The molecule has 0 N–H and O–H groups in total. The van der Waals surface area contributed by atoms with E-state index in [1.807, 2.05) is 6.92 Å². The highest BCUT2D eigenvalue weighted by Gasteiger charge is 2.20. The number of hydrogen-bond donors (Lipinski definition) is 0. The molecule has 0 radical (unpaired) electrons. The van der Waals surface area contributed by atoms with Gasteiger partial charge >= 0.3 is 5.97 Å². The van der Waals surface area contributed by atoms with E-state index in [-0.39, 0.29) is 5.69 Å². The summed E-state index contributed by atoms with van der Waals surface area (Å²) in [4.78, 5) is 15.5. The first-order valence-electron chi connectivity index (χ1n) is 5.20. The molecule has 0 amide bonds. The fraction of sp³-hybridized carbons (Fsp3) is 0.273. The third kappa shape index (κ3) is 2.01. The van der Waals surface area contributed by atoms with Crippen LogP contribution in [0.5, 0.6) is 0 Å². The van der Waals surface area contributed by atoms with E-state index in [0.717, 1.165) is 5.56 Å². The van der Waals surface area contributed by atoms with Crippen LogP contribution in [0, 0.1) is 0 Å². The minimum absolute atomic E-state index is 0.223. The maximum absolute atomic E-state index is 11.6. The van der Waals surface area contributed by atoms with Gasteiger partial charge in [0.05, 0.1) is 7.11 Å². The zero-order chi connectivity index (χ0) is 12.3. The van der Waals surface area contributed by atoms with E-state index >= 15 is 0 Å². The van der Waals surface area contributed by atoms with Crippen molar-refractivity contribution in [2.75, 3.05) is 7.11 Å². The first-order chi connectivity index (χ1) is 8.27. The molecule has 2 aromatic heterocycles. The summed E-state index contributed by atoms with van der Waals surface area (Å²) in [6, 6.07) is 3.61. The number of esters is 1. The molecule has 0 aliphatic rings. The summed E-state index contributed by atoms with van der Waals surface area (Å²) in [7, 11) is 1.32. The Morgan fingerprint density at radius 2 is 2.12 bits per heavy atom. The van der Waals surface area contributed by atoms with Crippen LogP contribution in [0.4, 0.5) is 0 Å². The number of nitrogens with zero attached hydrogens (tertiary/aromatic N) is 4. The molecule has 0 bridgehead atoms. The van der Waals surface area contributed by atoms with E-state index in [1.165, 1.54) is 7.11 Å². The van der Waals surface area contributed by atoms with Gasteiger partial charge in [0.1, 0.15) is 5.69 Å². The van der Waals surface area contributed by atoms with Gasteiger partial charge in [-0.05, 0) is 19.1 Å². The van der Waals surface area contributed by atoms with Crippen molar-refractivity contribution in [1.82, 2.24) is 20.0 Å². The maximum atomic E-state index is 11.6. The van der Waals surface area contributed by atoms with Crippen LogP contribution < -0.4 is 0 Å². The summed E-state index contributed by atoms with van der Waals surface area (Å²) in [6.45, 7) is 2.56. The Hall–Kier alpha value is -2.24. The lowest BCUT2D eigenvalue weighted by molar-refractivity contribution is 0.0595. The van der Waals surface area contributed by atoms with Crippen molar-refractivity contribution >= 4 is 5.97 Å². The van der Waals surface area contributed by atoms with E-state index in [2.05, 4.69) is 20.0 Å². The van der Waals surface area contributed by atoms with E-state index in [1.54, 1.807) is 29.2 Å². The molecule has 0 fully saturated rings. The second-order valence-corrected chi connectivity index (χ2v) is 3.33. The van der Waals surface area contributed by atoms with Gasteiger partial charge in [0, 0.05) is 24.5 Å². The third-order valence-corrected chi connectivity index (χ3v) is 2.37. The zero-order valence-corrected chi connectivity index (χ0v) is 9.62. The van der Waals surface area contributed by atoms with Crippen LogP contribution >= 0.6 is 0 Å². The van der Waals surface area contributed by atoms with E-state index in [4.69, 9.17) is 0 Å². The van der Waals surface area contributed by atoms with Crippen molar-refractivity contribution in [1.29, 1.82) is 0 Å². The van der Waals surface area contributed by atoms with Crippen molar-refractivity contribution < 1.29 is 9.53 Å². The molecule has 17 heavy (non-hydrogen) atoms. The normalized spacial score (nSPS) is 10.2. The Morgan fingerprint density at radius 1 is 1.41 bits per heavy atom. The Morgan fingerprint density at radius 3 is 2.71 bits per heavy atom. The molecule has 0 saturated heterocycles. The number of pyridine rings is 1. The molecule has 88 valence electrons. The molecule has 0 saturated carbocycles. The Bertz CT molecular complexity index is 522. The number of methoxy groups -OCH3 is 1. The molecule has 6 heteroatoms. The molecule has 2 heterocycles. The van der Waals surface area contributed by atoms with Gasteiger partial charge in [-0.3, -0.25) is 4.98 Å². The van der Waals surface area contributed by atoms with Crippen LogP contribution in [0.1, 0.15) is 17.4 Å². The lowest BCUT2D eigenvalue weighted by Gasteiger charge is -2.04. The number of aromatic nitrogens is 4. The number of carbonyl (C=O) groups excluding carboxylic acids is 1. The van der Waals surface area contributed by atoms with Crippen molar-refractivity contribution in [3.8, 4) is 11.3 Å². The van der Waals surface area contributed by atoms with Crippen LogP contribution in [0.2, 0.25) is 0 Å². The number of rotatable bonds is 3. The molecular formula is C11H12N4O2. The predicted molar refractivity (Wildman–Crippen MR) is 60.3 cm³/mol. The Balaban J connectivity index is 2.58. The quantitative estimate of drug-likeness (QED) is 0.742. The number of ether oxygens (including phenoxy) is 1. The van der Waals surface area contributed by atoms with Crippen LogP contribution in [-0.4, -0.2) is 33.1 Å². The summed E-state index contributed by atoms with van der Waals surface area (Å²) in [6.07, 6.45) is 3.31. The molecule has 0 aromatic carbocycles. The van der Waals surface area contributed by atoms with Crippen LogP contribution in [-0.2, 0) is 11.3 Å². The summed E-state index contributed by atoms with van der Waals surface area (Å²) in [5, 5.41) is 7.78. The molecule has 6 nitrogen and oxygen atoms in total. The van der Waals surface area contributed by atoms with Crippen molar-refractivity contribution in [2.24, 2.45) is 0 Å².